The zero-order valence-electron chi connectivity index (χ0n) is 11.0. The Kier molecular flexibility index (Phi) is 5.26. The Bertz CT molecular complexity index is 267. The Labute approximate surface area is 109 Å². The largest absolute Gasteiger partial charge is 0.449 e. The molecule has 1 amide bonds. The van der Waals surface area contributed by atoms with Crippen molar-refractivity contribution in [3.8, 4) is 0 Å². The first-order chi connectivity index (χ1) is 8.81. The van der Waals surface area contributed by atoms with Gasteiger partial charge in [0.15, 0.2) is 0 Å². The van der Waals surface area contributed by atoms with Crippen LogP contribution in [0, 0.1) is 11.8 Å². The van der Waals surface area contributed by atoms with E-state index in [1.807, 2.05) is 0 Å². The molecule has 1 aliphatic heterocycles. The van der Waals surface area contributed by atoms with Crippen LogP contribution in [0.1, 0.15) is 25.7 Å². The highest BCUT2D eigenvalue weighted by atomic mass is 16.6. The normalized spacial score (nSPS) is 29.1. The van der Waals surface area contributed by atoms with Crippen LogP contribution >= 0.6 is 0 Å². The van der Waals surface area contributed by atoms with Gasteiger partial charge >= 0.3 is 6.09 Å². The van der Waals surface area contributed by atoms with Gasteiger partial charge < -0.3 is 20.1 Å². The Hall–Kier alpha value is -0.810. The number of nitrogens with two attached hydrogens (primary N) is 1. The van der Waals surface area contributed by atoms with Crippen molar-refractivity contribution >= 4 is 6.09 Å². The summed E-state index contributed by atoms with van der Waals surface area (Å²) in [5.74, 6) is 0.977. The third-order valence-electron chi connectivity index (χ3n) is 4.06. The predicted molar refractivity (Wildman–Crippen MR) is 68.2 cm³/mol. The molecule has 2 aliphatic rings. The van der Waals surface area contributed by atoms with Gasteiger partial charge in [0.05, 0.1) is 19.8 Å². The maximum atomic E-state index is 11.9. The number of morpholine rings is 1. The second kappa shape index (κ2) is 6.95. The van der Waals surface area contributed by atoms with E-state index in [1.165, 1.54) is 19.3 Å². The van der Waals surface area contributed by atoms with Crippen molar-refractivity contribution in [2.45, 2.75) is 25.7 Å². The van der Waals surface area contributed by atoms with Gasteiger partial charge in [-0.25, -0.2) is 4.79 Å². The molecular formula is C13H24N2O3. The molecule has 5 heteroatoms. The van der Waals surface area contributed by atoms with E-state index in [4.69, 9.17) is 15.2 Å². The summed E-state index contributed by atoms with van der Waals surface area (Å²) >= 11 is 0. The van der Waals surface area contributed by atoms with E-state index in [0.29, 0.717) is 51.3 Å². The number of amides is 1. The van der Waals surface area contributed by atoms with Crippen molar-refractivity contribution in [3.05, 3.63) is 0 Å². The van der Waals surface area contributed by atoms with E-state index in [-0.39, 0.29) is 6.09 Å². The summed E-state index contributed by atoms with van der Waals surface area (Å²) in [5.41, 5.74) is 5.78. The van der Waals surface area contributed by atoms with Crippen molar-refractivity contribution in [3.63, 3.8) is 0 Å². The first-order valence-electron chi connectivity index (χ1n) is 7.00. The van der Waals surface area contributed by atoms with Gasteiger partial charge in [-0.1, -0.05) is 12.8 Å². The third-order valence-corrected chi connectivity index (χ3v) is 4.06. The van der Waals surface area contributed by atoms with Gasteiger partial charge in [0, 0.05) is 13.1 Å². The van der Waals surface area contributed by atoms with E-state index in [0.717, 1.165) is 6.42 Å². The highest BCUT2D eigenvalue weighted by Gasteiger charge is 2.26. The van der Waals surface area contributed by atoms with E-state index in [1.54, 1.807) is 4.90 Å². The third kappa shape index (κ3) is 3.59. The molecule has 5 nitrogen and oxygen atoms in total. The number of hydrogen-bond acceptors (Lipinski definition) is 4. The fourth-order valence-corrected chi connectivity index (χ4v) is 2.83. The van der Waals surface area contributed by atoms with E-state index in [2.05, 4.69) is 0 Å². The summed E-state index contributed by atoms with van der Waals surface area (Å²) in [5, 5.41) is 0. The summed E-state index contributed by atoms with van der Waals surface area (Å²) in [4.78, 5) is 13.6. The van der Waals surface area contributed by atoms with Crippen LogP contribution < -0.4 is 5.73 Å². The van der Waals surface area contributed by atoms with Crippen LogP contribution in [0.2, 0.25) is 0 Å². The first kappa shape index (κ1) is 13.6. The van der Waals surface area contributed by atoms with Crippen LogP contribution in [0.5, 0.6) is 0 Å². The molecule has 2 rings (SSSR count). The van der Waals surface area contributed by atoms with Gasteiger partial charge in [-0.15, -0.1) is 0 Å². The molecule has 0 aromatic carbocycles. The van der Waals surface area contributed by atoms with E-state index in [9.17, 15) is 4.79 Å². The topological polar surface area (TPSA) is 64.8 Å². The molecule has 0 spiro atoms. The molecule has 0 bridgehead atoms. The number of ether oxygens (including phenoxy) is 2. The Morgan fingerprint density at radius 1 is 1.22 bits per heavy atom. The highest BCUT2D eigenvalue weighted by Crippen LogP contribution is 2.29. The highest BCUT2D eigenvalue weighted by molar-refractivity contribution is 5.67. The summed E-state index contributed by atoms with van der Waals surface area (Å²) in [6.45, 7) is 3.75. The minimum atomic E-state index is -0.195. The van der Waals surface area contributed by atoms with Gasteiger partial charge in [0.25, 0.3) is 0 Å². The van der Waals surface area contributed by atoms with Gasteiger partial charge in [0.1, 0.15) is 0 Å². The summed E-state index contributed by atoms with van der Waals surface area (Å²) in [6, 6.07) is 0. The second-order valence-electron chi connectivity index (χ2n) is 5.22. The molecule has 2 N–H and O–H groups in total. The minimum absolute atomic E-state index is 0.195. The van der Waals surface area contributed by atoms with Crippen LogP contribution in [-0.2, 0) is 9.47 Å². The second-order valence-corrected chi connectivity index (χ2v) is 5.22. The molecule has 0 radical (unpaired) electrons. The minimum Gasteiger partial charge on any atom is -0.449 e. The maximum absolute atomic E-state index is 11.9. The number of carbonyl (C=O) groups excluding carboxylic acids is 1. The zero-order chi connectivity index (χ0) is 12.8. The van der Waals surface area contributed by atoms with Crippen LogP contribution in [0.15, 0.2) is 0 Å². The van der Waals surface area contributed by atoms with Crippen molar-refractivity contribution in [1.29, 1.82) is 0 Å². The molecule has 2 atom stereocenters. The van der Waals surface area contributed by atoms with E-state index >= 15 is 0 Å². The van der Waals surface area contributed by atoms with Gasteiger partial charge in [-0.3, -0.25) is 0 Å². The monoisotopic (exact) mass is 256 g/mol. The first-order valence-corrected chi connectivity index (χ1v) is 7.00. The summed E-state index contributed by atoms with van der Waals surface area (Å²) in [7, 11) is 0. The summed E-state index contributed by atoms with van der Waals surface area (Å²) in [6.07, 6.45) is 4.61. The molecule has 0 aromatic rings. The zero-order valence-corrected chi connectivity index (χ0v) is 11.0. The van der Waals surface area contributed by atoms with Crippen LogP contribution in [-0.4, -0.2) is 50.4 Å². The van der Waals surface area contributed by atoms with Gasteiger partial charge in [0.2, 0.25) is 0 Å². The lowest BCUT2D eigenvalue weighted by Gasteiger charge is -2.31. The molecular weight excluding hydrogens is 232 g/mol. The molecule has 1 heterocycles. The van der Waals surface area contributed by atoms with Gasteiger partial charge in [-0.05, 0) is 31.2 Å². The van der Waals surface area contributed by atoms with Crippen LogP contribution in [0.25, 0.3) is 0 Å². The quantitative estimate of drug-likeness (QED) is 0.824. The lowest BCUT2D eigenvalue weighted by Crippen LogP contribution is -2.42. The van der Waals surface area contributed by atoms with Crippen molar-refractivity contribution in [2.75, 3.05) is 39.5 Å². The van der Waals surface area contributed by atoms with Crippen LogP contribution in [0.4, 0.5) is 4.79 Å². The number of hydrogen-bond donors (Lipinski definition) is 1. The Morgan fingerprint density at radius 3 is 2.56 bits per heavy atom. The SMILES string of the molecule is NCC1CCCCC1COC(=O)N1CCOCC1. The van der Waals surface area contributed by atoms with Crippen molar-refractivity contribution < 1.29 is 14.3 Å². The average Bonchev–Trinajstić information content (AvgIpc) is 2.46. The molecule has 1 aliphatic carbocycles. The molecule has 0 aromatic heterocycles. The molecule has 2 fully saturated rings. The molecule has 1 saturated heterocycles. The Morgan fingerprint density at radius 2 is 1.89 bits per heavy atom. The average molecular weight is 256 g/mol. The number of nitrogens with zero attached hydrogens (tertiary/aromatic N) is 1. The fraction of sp³-hybridized carbons (Fsp3) is 0.923. The standard InChI is InChI=1S/C13H24N2O3/c14-9-11-3-1-2-4-12(11)10-18-13(16)15-5-7-17-8-6-15/h11-12H,1-10,14H2. The van der Waals surface area contributed by atoms with Gasteiger partial charge in [-0.2, -0.15) is 0 Å². The number of carbonyl (C=O) groups is 1. The molecule has 104 valence electrons. The maximum Gasteiger partial charge on any atom is 0.409 e. The number of rotatable bonds is 3. The Balaban J connectivity index is 1.73. The molecule has 18 heavy (non-hydrogen) atoms. The lowest BCUT2D eigenvalue weighted by molar-refractivity contribution is 0.0170. The summed E-state index contributed by atoms with van der Waals surface area (Å²) < 4.78 is 10.6. The fourth-order valence-electron chi connectivity index (χ4n) is 2.83. The lowest BCUT2D eigenvalue weighted by atomic mass is 9.80. The smallest absolute Gasteiger partial charge is 0.409 e. The predicted octanol–water partition coefficient (Wildman–Crippen LogP) is 1.22. The molecule has 2 unspecified atom stereocenters. The van der Waals surface area contributed by atoms with Crippen molar-refractivity contribution in [1.82, 2.24) is 4.90 Å². The molecule has 1 saturated carbocycles. The van der Waals surface area contributed by atoms with Crippen LogP contribution in [0.3, 0.4) is 0 Å². The van der Waals surface area contributed by atoms with E-state index < -0.39 is 0 Å². The van der Waals surface area contributed by atoms with Crippen molar-refractivity contribution in [2.24, 2.45) is 17.6 Å².